The summed E-state index contributed by atoms with van der Waals surface area (Å²) >= 11 is 0. The van der Waals surface area contributed by atoms with E-state index in [0.717, 1.165) is 13.1 Å². The molecule has 0 aliphatic rings. The van der Waals surface area contributed by atoms with E-state index in [4.69, 9.17) is 4.74 Å². The normalized spacial score (nSPS) is 13.0. The molecule has 1 atom stereocenters. The minimum Gasteiger partial charge on any atom is -0.468 e. The minimum absolute atomic E-state index is 0.231. The fourth-order valence-electron chi connectivity index (χ4n) is 1.28. The zero-order valence-corrected chi connectivity index (χ0v) is 8.87. The van der Waals surface area contributed by atoms with Crippen molar-refractivity contribution in [2.24, 2.45) is 0 Å². The van der Waals surface area contributed by atoms with Crippen LogP contribution in [0.4, 0.5) is 0 Å². The number of rotatable bonds is 6. The summed E-state index contributed by atoms with van der Waals surface area (Å²) in [5.74, 6) is -0.231. The lowest BCUT2D eigenvalue weighted by Gasteiger charge is -2.26. The van der Waals surface area contributed by atoms with Crippen molar-refractivity contribution in [3.8, 4) is 0 Å². The molecule has 0 heterocycles. The average molecular weight is 189 g/mol. The Kier molecular flexibility index (Phi) is 6.54. The Labute approximate surface area is 79.8 Å². The standard InChI is InChI=1S/C9H19NO3/c1-5-10(6-2)8(7-12-3)9(11)13-4/h8H,5-7H2,1-4H3. The van der Waals surface area contributed by atoms with Crippen LogP contribution in [0.15, 0.2) is 0 Å². The second kappa shape index (κ2) is 6.86. The number of carbonyl (C=O) groups is 1. The first kappa shape index (κ1) is 12.4. The lowest BCUT2D eigenvalue weighted by Crippen LogP contribution is -2.44. The van der Waals surface area contributed by atoms with Gasteiger partial charge in [0, 0.05) is 7.11 Å². The van der Waals surface area contributed by atoms with E-state index in [9.17, 15) is 4.79 Å². The fraction of sp³-hybridized carbons (Fsp3) is 0.889. The quantitative estimate of drug-likeness (QED) is 0.571. The zero-order chi connectivity index (χ0) is 10.3. The van der Waals surface area contributed by atoms with E-state index in [-0.39, 0.29) is 12.0 Å². The van der Waals surface area contributed by atoms with Gasteiger partial charge in [0.2, 0.25) is 0 Å². The number of hydrogen-bond donors (Lipinski definition) is 0. The third-order valence-electron chi connectivity index (χ3n) is 2.05. The van der Waals surface area contributed by atoms with E-state index in [2.05, 4.69) is 4.74 Å². The molecule has 0 aromatic heterocycles. The number of likely N-dealkylation sites (N-methyl/N-ethyl adjacent to an activating group) is 1. The van der Waals surface area contributed by atoms with Gasteiger partial charge in [0.25, 0.3) is 0 Å². The molecule has 0 fully saturated rings. The van der Waals surface area contributed by atoms with Crippen LogP contribution in [-0.2, 0) is 14.3 Å². The number of ether oxygens (including phenoxy) is 2. The Balaban J connectivity index is 4.28. The van der Waals surface area contributed by atoms with Crippen molar-refractivity contribution < 1.29 is 14.3 Å². The largest absolute Gasteiger partial charge is 0.468 e. The van der Waals surface area contributed by atoms with Crippen LogP contribution in [0.5, 0.6) is 0 Å². The van der Waals surface area contributed by atoms with Crippen LogP contribution in [-0.4, -0.2) is 50.8 Å². The summed E-state index contributed by atoms with van der Waals surface area (Å²) < 4.78 is 9.66. The lowest BCUT2D eigenvalue weighted by atomic mass is 10.2. The van der Waals surface area contributed by atoms with E-state index in [1.54, 1.807) is 7.11 Å². The van der Waals surface area contributed by atoms with Crippen LogP contribution in [0.25, 0.3) is 0 Å². The van der Waals surface area contributed by atoms with Crippen molar-refractivity contribution in [2.75, 3.05) is 33.9 Å². The summed E-state index contributed by atoms with van der Waals surface area (Å²) in [4.78, 5) is 13.3. The summed E-state index contributed by atoms with van der Waals surface area (Å²) in [6, 6.07) is -0.273. The van der Waals surface area contributed by atoms with Gasteiger partial charge in [-0.1, -0.05) is 13.8 Å². The summed E-state index contributed by atoms with van der Waals surface area (Å²) in [6.45, 7) is 6.04. The SMILES string of the molecule is CCN(CC)C(COC)C(=O)OC. The summed E-state index contributed by atoms with van der Waals surface area (Å²) in [6.07, 6.45) is 0. The molecule has 0 saturated heterocycles. The maximum atomic E-state index is 11.3. The highest BCUT2D eigenvalue weighted by atomic mass is 16.5. The first-order chi connectivity index (χ1) is 6.21. The average Bonchev–Trinajstić information content (AvgIpc) is 2.17. The molecule has 0 radical (unpaired) electrons. The molecule has 0 rings (SSSR count). The third kappa shape index (κ3) is 3.74. The fourth-order valence-corrected chi connectivity index (χ4v) is 1.28. The minimum atomic E-state index is -0.273. The number of hydrogen-bond acceptors (Lipinski definition) is 4. The van der Waals surface area contributed by atoms with Gasteiger partial charge in [0.15, 0.2) is 0 Å². The van der Waals surface area contributed by atoms with Gasteiger partial charge in [-0.2, -0.15) is 0 Å². The highest BCUT2D eigenvalue weighted by Crippen LogP contribution is 2.01. The molecule has 0 aliphatic carbocycles. The van der Waals surface area contributed by atoms with Crippen LogP contribution in [0, 0.1) is 0 Å². The molecule has 0 N–H and O–H groups in total. The van der Waals surface area contributed by atoms with E-state index in [1.165, 1.54) is 7.11 Å². The maximum Gasteiger partial charge on any atom is 0.325 e. The Morgan fingerprint density at radius 1 is 1.31 bits per heavy atom. The predicted molar refractivity (Wildman–Crippen MR) is 50.6 cm³/mol. The van der Waals surface area contributed by atoms with Gasteiger partial charge in [-0.3, -0.25) is 9.69 Å². The summed E-state index contributed by atoms with van der Waals surface area (Å²) in [5, 5.41) is 0. The monoisotopic (exact) mass is 189 g/mol. The Bertz CT molecular complexity index is 146. The topological polar surface area (TPSA) is 38.8 Å². The van der Waals surface area contributed by atoms with Gasteiger partial charge >= 0.3 is 5.97 Å². The Morgan fingerprint density at radius 3 is 2.15 bits per heavy atom. The highest BCUT2D eigenvalue weighted by molar-refractivity contribution is 5.75. The second-order valence-electron chi connectivity index (χ2n) is 2.72. The van der Waals surface area contributed by atoms with Gasteiger partial charge in [-0.25, -0.2) is 0 Å². The van der Waals surface area contributed by atoms with Crippen molar-refractivity contribution in [1.82, 2.24) is 4.90 Å². The lowest BCUT2D eigenvalue weighted by molar-refractivity contribution is -0.148. The van der Waals surface area contributed by atoms with Crippen LogP contribution in [0.3, 0.4) is 0 Å². The zero-order valence-electron chi connectivity index (χ0n) is 8.87. The van der Waals surface area contributed by atoms with Gasteiger partial charge in [-0.05, 0) is 13.1 Å². The first-order valence-electron chi connectivity index (χ1n) is 4.52. The van der Waals surface area contributed by atoms with E-state index < -0.39 is 0 Å². The van der Waals surface area contributed by atoms with Crippen molar-refractivity contribution >= 4 is 5.97 Å². The third-order valence-corrected chi connectivity index (χ3v) is 2.05. The first-order valence-corrected chi connectivity index (χ1v) is 4.52. The molecule has 0 saturated carbocycles. The molecule has 0 aromatic rings. The van der Waals surface area contributed by atoms with Gasteiger partial charge in [0.05, 0.1) is 13.7 Å². The molecule has 0 amide bonds. The number of carbonyl (C=O) groups excluding carboxylic acids is 1. The van der Waals surface area contributed by atoms with Crippen LogP contribution >= 0.6 is 0 Å². The molecule has 4 nitrogen and oxygen atoms in total. The highest BCUT2D eigenvalue weighted by Gasteiger charge is 2.24. The number of nitrogens with zero attached hydrogens (tertiary/aromatic N) is 1. The molecule has 78 valence electrons. The Hall–Kier alpha value is -0.610. The smallest absolute Gasteiger partial charge is 0.325 e. The number of methoxy groups -OCH3 is 2. The molecule has 0 bridgehead atoms. The van der Waals surface area contributed by atoms with Crippen molar-refractivity contribution in [3.05, 3.63) is 0 Å². The van der Waals surface area contributed by atoms with Crippen molar-refractivity contribution in [1.29, 1.82) is 0 Å². The Morgan fingerprint density at radius 2 is 1.85 bits per heavy atom. The molecule has 0 spiro atoms. The second-order valence-corrected chi connectivity index (χ2v) is 2.72. The van der Waals surface area contributed by atoms with E-state index in [0.29, 0.717) is 6.61 Å². The number of esters is 1. The summed E-state index contributed by atoms with van der Waals surface area (Å²) in [7, 11) is 2.98. The van der Waals surface area contributed by atoms with Crippen molar-refractivity contribution in [2.45, 2.75) is 19.9 Å². The molecule has 1 unspecified atom stereocenters. The molecule has 13 heavy (non-hydrogen) atoms. The molecular formula is C9H19NO3. The van der Waals surface area contributed by atoms with Crippen molar-refractivity contribution in [3.63, 3.8) is 0 Å². The van der Waals surface area contributed by atoms with Crippen LogP contribution < -0.4 is 0 Å². The predicted octanol–water partition coefficient (Wildman–Crippen LogP) is 0.516. The van der Waals surface area contributed by atoms with Gasteiger partial charge < -0.3 is 9.47 Å². The van der Waals surface area contributed by atoms with Gasteiger partial charge in [0.1, 0.15) is 6.04 Å². The molecule has 0 aliphatic heterocycles. The van der Waals surface area contributed by atoms with Gasteiger partial charge in [-0.15, -0.1) is 0 Å². The summed E-state index contributed by atoms with van der Waals surface area (Å²) in [5.41, 5.74) is 0. The molecule has 0 aromatic carbocycles. The van der Waals surface area contributed by atoms with Crippen LogP contribution in [0.2, 0.25) is 0 Å². The molecule has 4 heteroatoms. The van der Waals surface area contributed by atoms with E-state index in [1.807, 2.05) is 18.7 Å². The maximum absolute atomic E-state index is 11.3. The van der Waals surface area contributed by atoms with Crippen LogP contribution in [0.1, 0.15) is 13.8 Å². The molecular weight excluding hydrogens is 170 g/mol. The van der Waals surface area contributed by atoms with E-state index >= 15 is 0 Å².